The Morgan fingerprint density at radius 2 is 1.84 bits per heavy atom. The van der Waals surface area contributed by atoms with Crippen LogP contribution in [0.15, 0.2) is 35.0 Å². The second-order valence-electron chi connectivity index (χ2n) is 7.16. The number of rotatable bonds is 7. The van der Waals surface area contributed by atoms with E-state index in [4.69, 9.17) is 0 Å². The van der Waals surface area contributed by atoms with Gasteiger partial charge in [0.25, 0.3) is 10.0 Å². The summed E-state index contributed by atoms with van der Waals surface area (Å²) in [6.07, 6.45) is 2.16. The highest BCUT2D eigenvalue weighted by Crippen LogP contribution is 2.35. The summed E-state index contributed by atoms with van der Waals surface area (Å²) in [7, 11) is 3.81. The second kappa shape index (κ2) is 7.05. The zero-order valence-electron chi connectivity index (χ0n) is 15.1. The number of fused-ring (bicyclic) bond motifs is 1. The van der Waals surface area contributed by atoms with Crippen LogP contribution in [0.4, 0.5) is 0 Å². The number of carbonyl (C=O) groups is 1. The van der Waals surface area contributed by atoms with E-state index in [0.717, 1.165) is 21.8 Å². The average Bonchev–Trinajstić information content (AvgIpc) is 2.54. The molecule has 8 heteroatoms. The van der Waals surface area contributed by atoms with Gasteiger partial charge in [-0.1, -0.05) is 12.1 Å². The van der Waals surface area contributed by atoms with Crippen LogP contribution in [0.1, 0.15) is 18.4 Å². The molecule has 0 unspecified atom stereocenters. The Labute approximate surface area is 149 Å². The van der Waals surface area contributed by atoms with Crippen LogP contribution in [0.2, 0.25) is 0 Å². The van der Waals surface area contributed by atoms with Gasteiger partial charge >= 0.3 is 0 Å². The Kier molecular flexibility index (Phi) is 5.43. The van der Waals surface area contributed by atoms with Crippen LogP contribution in [-0.4, -0.2) is 74.9 Å². The molecule has 0 bridgehead atoms. The number of quaternary nitrogens is 1. The number of unbranched alkanes of at least 4 members (excludes halogenated alkanes) is 1. The molecule has 0 spiro atoms. The molecule has 1 heterocycles. The number of aliphatic hydroxyl groups is 1. The van der Waals surface area contributed by atoms with E-state index in [1.165, 1.54) is 24.1 Å². The highest BCUT2D eigenvalue weighted by atomic mass is 32.2. The third kappa shape index (κ3) is 3.96. The predicted octanol–water partition coefficient (Wildman–Crippen LogP) is 1.45. The first-order chi connectivity index (χ1) is 11.6. The third-order valence-electron chi connectivity index (χ3n) is 4.17. The molecular formula is C17H26N3O4S+. The molecule has 1 aliphatic heterocycles. The van der Waals surface area contributed by atoms with Gasteiger partial charge in [-0.05, 0) is 25.0 Å². The Morgan fingerprint density at radius 1 is 1.20 bits per heavy atom. The molecule has 0 radical (unpaired) electrons. The summed E-state index contributed by atoms with van der Waals surface area (Å²) in [5.74, 6) is -0.203. The summed E-state index contributed by atoms with van der Waals surface area (Å²) in [4.78, 5) is 12.9. The maximum Gasteiger partial charge on any atom is 0.266 e. The fraction of sp³-hybridized carbons (Fsp3) is 0.471. The minimum Gasteiger partial charge on any atom is -0.504 e. The summed E-state index contributed by atoms with van der Waals surface area (Å²) in [5, 5.41) is 10.6. The smallest absolute Gasteiger partial charge is 0.266 e. The lowest BCUT2D eigenvalue weighted by Gasteiger charge is -2.34. The van der Waals surface area contributed by atoms with Gasteiger partial charge in [-0.2, -0.15) is 0 Å². The van der Waals surface area contributed by atoms with Crippen LogP contribution >= 0.6 is 0 Å². The van der Waals surface area contributed by atoms with E-state index in [2.05, 4.69) is 21.1 Å². The molecule has 2 rings (SSSR count). The van der Waals surface area contributed by atoms with Crippen LogP contribution in [0.5, 0.6) is 0 Å². The number of benzene rings is 1. The highest BCUT2D eigenvalue weighted by Gasteiger charge is 2.36. The minimum absolute atomic E-state index is 0.000974. The second-order valence-corrected chi connectivity index (χ2v) is 9.10. The number of nitrogens with zero attached hydrogens (tertiary/aromatic N) is 3. The first-order valence-electron chi connectivity index (χ1n) is 8.13. The maximum atomic E-state index is 12.7. The number of aliphatic hydroxyl groups excluding tert-OH is 1. The summed E-state index contributed by atoms with van der Waals surface area (Å²) in [6.45, 7) is 1.28. The maximum absolute atomic E-state index is 12.7. The van der Waals surface area contributed by atoms with Crippen molar-refractivity contribution in [2.75, 3.05) is 41.3 Å². The highest BCUT2D eigenvalue weighted by molar-refractivity contribution is 7.89. The first kappa shape index (κ1) is 19.3. The molecule has 25 heavy (non-hydrogen) atoms. The molecule has 1 amide bonds. The van der Waals surface area contributed by atoms with E-state index in [9.17, 15) is 18.3 Å². The van der Waals surface area contributed by atoms with Crippen molar-refractivity contribution in [3.63, 3.8) is 0 Å². The Balaban J connectivity index is 2.30. The molecule has 138 valence electrons. The zero-order valence-corrected chi connectivity index (χ0v) is 16.0. The number of carbonyl (C=O) groups excluding carboxylic acids is 1. The van der Waals surface area contributed by atoms with Gasteiger partial charge < -0.3 is 9.59 Å². The largest absolute Gasteiger partial charge is 0.504 e. The van der Waals surface area contributed by atoms with Crippen LogP contribution in [-0.2, 0) is 14.8 Å². The number of sulfonamides is 1. The lowest BCUT2D eigenvalue weighted by Crippen LogP contribution is -2.41. The van der Waals surface area contributed by atoms with Gasteiger partial charge in [-0.3, -0.25) is 14.0 Å². The molecule has 1 aromatic carbocycles. The molecule has 0 fully saturated rings. The number of hydrogen-bond acceptors (Lipinski definition) is 4. The number of amides is 1. The quantitative estimate of drug-likeness (QED) is 0.449. The molecule has 0 saturated carbocycles. The monoisotopic (exact) mass is 368 g/mol. The summed E-state index contributed by atoms with van der Waals surface area (Å²) < 4.78 is 27.1. The van der Waals surface area contributed by atoms with E-state index >= 15 is 0 Å². The first-order valence-corrected chi connectivity index (χ1v) is 9.57. The van der Waals surface area contributed by atoms with Gasteiger partial charge in [-0.25, -0.2) is 8.42 Å². The zero-order chi connectivity index (χ0) is 18.8. The van der Waals surface area contributed by atoms with Crippen LogP contribution in [0.25, 0.3) is 5.76 Å². The standard InChI is InChI=1S/C17H25N3O4S/c1-18-17(19(13-21)11-7-8-12-20(2,3)4)16(22)14-9-5-6-10-15(14)25(18,23)24/h5-6,9-10,13H,7-8,11-12H2,1-4H3/p+1. The molecule has 1 N–H and O–H groups in total. The predicted molar refractivity (Wildman–Crippen MR) is 95.8 cm³/mol. The van der Waals surface area contributed by atoms with Crippen molar-refractivity contribution in [2.45, 2.75) is 17.7 Å². The SMILES string of the molecule is CN1C(N(C=O)CCCC[N+](C)(C)C)=C(O)c2ccccc2S1(=O)=O. The van der Waals surface area contributed by atoms with Crippen molar-refractivity contribution in [1.82, 2.24) is 9.21 Å². The number of hydrogen-bond donors (Lipinski definition) is 1. The van der Waals surface area contributed by atoms with Crippen molar-refractivity contribution >= 4 is 22.2 Å². The molecule has 7 nitrogen and oxygen atoms in total. The van der Waals surface area contributed by atoms with E-state index in [1.807, 2.05) is 0 Å². The Morgan fingerprint density at radius 3 is 2.44 bits per heavy atom. The molecule has 0 saturated heterocycles. The van der Waals surface area contributed by atoms with Gasteiger partial charge in [-0.15, -0.1) is 0 Å². The fourth-order valence-electron chi connectivity index (χ4n) is 2.81. The van der Waals surface area contributed by atoms with Crippen molar-refractivity contribution in [2.24, 2.45) is 0 Å². The molecule has 0 aliphatic carbocycles. The van der Waals surface area contributed by atoms with Crippen LogP contribution < -0.4 is 0 Å². The minimum atomic E-state index is -3.80. The summed E-state index contributed by atoms with van der Waals surface area (Å²) >= 11 is 0. The van der Waals surface area contributed by atoms with Crippen molar-refractivity contribution in [3.8, 4) is 0 Å². The van der Waals surface area contributed by atoms with E-state index in [-0.39, 0.29) is 22.0 Å². The van der Waals surface area contributed by atoms with E-state index in [0.29, 0.717) is 19.4 Å². The van der Waals surface area contributed by atoms with Gasteiger partial charge in [0.2, 0.25) is 6.41 Å². The van der Waals surface area contributed by atoms with Crippen LogP contribution in [0, 0.1) is 0 Å². The molecular weight excluding hydrogens is 342 g/mol. The van der Waals surface area contributed by atoms with Gasteiger partial charge in [0.05, 0.1) is 32.6 Å². The third-order valence-corrected chi connectivity index (χ3v) is 5.97. The molecule has 0 aromatic heterocycles. The molecule has 1 aromatic rings. The average molecular weight is 368 g/mol. The topological polar surface area (TPSA) is 77.9 Å². The van der Waals surface area contributed by atoms with E-state index < -0.39 is 10.0 Å². The molecule has 0 atom stereocenters. The lowest BCUT2D eigenvalue weighted by molar-refractivity contribution is -0.870. The Bertz CT molecular complexity index is 781. The Hall–Kier alpha value is -2.06. The van der Waals surface area contributed by atoms with Crippen molar-refractivity contribution < 1.29 is 22.8 Å². The van der Waals surface area contributed by atoms with Crippen molar-refractivity contribution in [1.29, 1.82) is 0 Å². The van der Waals surface area contributed by atoms with Gasteiger partial charge in [0, 0.05) is 19.2 Å². The normalized spacial score (nSPS) is 16.6. The molecule has 1 aliphatic rings. The van der Waals surface area contributed by atoms with Crippen molar-refractivity contribution in [3.05, 3.63) is 35.6 Å². The summed E-state index contributed by atoms with van der Waals surface area (Å²) in [5.41, 5.74) is 0.216. The summed E-state index contributed by atoms with van der Waals surface area (Å²) in [6, 6.07) is 6.24. The lowest BCUT2D eigenvalue weighted by atomic mass is 10.1. The van der Waals surface area contributed by atoms with Crippen LogP contribution in [0.3, 0.4) is 0 Å². The van der Waals surface area contributed by atoms with Gasteiger partial charge in [0.1, 0.15) is 0 Å². The fourth-order valence-corrected chi connectivity index (χ4v) is 4.22. The van der Waals surface area contributed by atoms with Gasteiger partial charge in [0.15, 0.2) is 11.6 Å². The van der Waals surface area contributed by atoms with E-state index in [1.54, 1.807) is 12.1 Å².